The van der Waals surface area contributed by atoms with Crippen molar-refractivity contribution in [3.63, 3.8) is 0 Å². The molecule has 0 aliphatic heterocycles. The molecule has 0 bridgehead atoms. The van der Waals surface area contributed by atoms with E-state index in [0.29, 0.717) is 21.4 Å². The summed E-state index contributed by atoms with van der Waals surface area (Å²) in [7, 11) is 0. The quantitative estimate of drug-likeness (QED) is 0.438. The molecule has 0 aliphatic carbocycles. The van der Waals surface area contributed by atoms with E-state index in [0.717, 1.165) is 21.5 Å². The number of hydrogen-bond donors (Lipinski definition) is 0. The normalized spacial score (nSPS) is 12.0. The monoisotopic (exact) mass is 431 g/mol. The molecule has 0 amide bonds. The Morgan fingerprint density at radius 3 is 2.48 bits per heavy atom. The molecule has 9 heteroatoms. The van der Waals surface area contributed by atoms with Crippen molar-refractivity contribution in [2.75, 3.05) is 0 Å². The number of aromatic nitrogens is 5. The van der Waals surface area contributed by atoms with Gasteiger partial charge in [-0.1, -0.05) is 29.5 Å². The van der Waals surface area contributed by atoms with Gasteiger partial charge >= 0.3 is 0 Å². The largest absolute Gasteiger partial charge is 0.295 e. The lowest BCUT2D eigenvalue weighted by molar-refractivity contribution is 0.628. The molecule has 7 nitrogen and oxygen atoms in total. The highest BCUT2D eigenvalue weighted by molar-refractivity contribution is 7.15. The Morgan fingerprint density at radius 1 is 1.00 bits per heavy atom. The molecule has 0 aliphatic rings. The maximum Gasteiger partial charge on any atom is 0.295 e. The summed E-state index contributed by atoms with van der Waals surface area (Å²) in [5.41, 5.74) is 2.13. The maximum atomic E-state index is 13.4. The second-order valence-corrected chi connectivity index (χ2v) is 7.84. The van der Waals surface area contributed by atoms with Crippen LogP contribution in [0.15, 0.2) is 70.4 Å². The second-order valence-electron chi connectivity index (χ2n) is 6.83. The van der Waals surface area contributed by atoms with Gasteiger partial charge in [-0.3, -0.25) is 9.59 Å². The average molecular weight is 431 g/mol. The Hall–Kier alpha value is -3.98. The van der Waals surface area contributed by atoms with Crippen LogP contribution >= 0.6 is 11.3 Å². The number of nitrogens with zero attached hydrogens (tertiary/aromatic N) is 5. The number of fused-ring (bicyclic) bond motifs is 1. The minimum atomic E-state index is -0.461. The second kappa shape index (κ2) is 7.37. The van der Waals surface area contributed by atoms with Gasteiger partial charge in [-0.25, -0.2) is 9.07 Å². The molecular weight excluding hydrogens is 417 g/mol. The van der Waals surface area contributed by atoms with Crippen LogP contribution in [0.25, 0.3) is 28.0 Å². The van der Waals surface area contributed by atoms with Gasteiger partial charge in [0.15, 0.2) is 0 Å². The van der Waals surface area contributed by atoms with Gasteiger partial charge in [0.1, 0.15) is 17.2 Å². The van der Waals surface area contributed by atoms with Crippen LogP contribution in [-0.4, -0.2) is 24.4 Å². The van der Waals surface area contributed by atoms with Crippen molar-refractivity contribution in [2.24, 2.45) is 0 Å². The molecular formula is C22H14FN5O2S. The minimum absolute atomic E-state index is 0.155. The molecule has 2 aromatic carbocycles. The van der Waals surface area contributed by atoms with Crippen molar-refractivity contribution < 1.29 is 4.39 Å². The molecule has 0 fully saturated rings. The van der Waals surface area contributed by atoms with Crippen LogP contribution in [0.4, 0.5) is 4.39 Å². The van der Waals surface area contributed by atoms with E-state index in [-0.39, 0.29) is 22.0 Å². The third-order valence-corrected chi connectivity index (χ3v) is 5.67. The van der Waals surface area contributed by atoms with E-state index in [1.54, 1.807) is 29.1 Å². The third kappa shape index (κ3) is 3.44. The van der Waals surface area contributed by atoms with Gasteiger partial charge in [-0.15, -0.1) is 0 Å². The summed E-state index contributed by atoms with van der Waals surface area (Å²) in [6, 6.07) is 15.5. The molecule has 31 heavy (non-hydrogen) atoms. The maximum absolute atomic E-state index is 13.4. The van der Waals surface area contributed by atoms with Crippen molar-refractivity contribution in [1.82, 2.24) is 24.4 Å². The topological polar surface area (TPSA) is 82.2 Å². The lowest BCUT2D eigenvalue weighted by Crippen LogP contribution is -2.27. The minimum Gasteiger partial charge on any atom is -0.266 e. The zero-order valence-electron chi connectivity index (χ0n) is 16.2. The Morgan fingerprint density at radius 2 is 1.74 bits per heavy atom. The molecule has 0 N–H and O–H groups in total. The Balaban J connectivity index is 1.75. The SMILES string of the molecule is Cc1nn2c(=O)c(=Cc3cn(-c4ccccc4)nc3-c3ccc(F)cc3)sc2nc1=O. The van der Waals surface area contributed by atoms with E-state index in [2.05, 4.69) is 15.2 Å². The summed E-state index contributed by atoms with van der Waals surface area (Å²) >= 11 is 1.08. The standard InChI is InChI=1S/C22H14FN5O2S/c1-13-20(29)24-22-28(25-13)21(30)18(31-22)11-15-12-27(17-5-3-2-4-6-17)26-19(15)14-7-9-16(23)10-8-14/h2-12H,1H3. The summed E-state index contributed by atoms with van der Waals surface area (Å²) < 4.78 is 16.6. The number of hydrogen-bond acceptors (Lipinski definition) is 6. The zero-order valence-corrected chi connectivity index (χ0v) is 17.0. The van der Waals surface area contributed by atoms with Crippen LogP contribution in [0.1, 0.15) is 11.3 Å². The first kappa shape index (κ1) is 19.0. The molecule has 0 radical (unpaired) electrons. The first-order chi connectivity index (χ1) is 15.0. The van der Waals surface area contributed by atoms with Crippen molar-refractivity contribution >= 4 is 22.4 Å². The molecule has 0 saturated heterocycles. The summed E-state index contributed by atoms with van der Waals surface area (Å²) in [6.45, 7) is 1.51. The van der Waals surface area contributed by atoms with Crippen LogP contribution in [0.2, 0.25) is 0 Å². The first-order valence-electron chi connectivity index (χ1n) is 9.33. The average Bonchev–Trinajstić information content (AvgIpc) is 3.32. The molecule has 0 saturated carbocycles. The fourth-order valence-electron chi connectivity index (χ4n) is 3.17. The summed E-state index contributed by atoms with van der Waals surface area (Å²) in [5, 5.41) is 8.70. The van der Waals surface area contributed by atoms with Gasteiger partial charge < -0.3 is 0 Å². The van der Waals surface area contributed by atoms with Gasteiger partial charge in [0.25, 0.3) is 11.1 Å². The van der Waals surface area contributed by atoms with Crippen molar-refractivity contribution in [3.05, 3.63) is 103 Å². The molecule has 0 atom stereocenters. The van der Waals surface area contributed by atoms with Crippen LogP contribution in [0, 0.1) is 12.7 Å². The number of aryl methyl sites for hydroxylation is 1. The third-order valence-electron chi connectivity index (χ3n) is 4.71. The van der Waals surface area contributed by atoms with E-state index in [1.807, 2.05) is 30.3 Å². The van der Waals surface area contributed by atoms with Gasteiger partial charge in [-0.2, -0.15) is 19.7 Å². The number of para-hydroxylation sites is 1. The Bertz CT molecular complexity index is 1590. The molecule has 0 unspecified atom stereocenters. The lowest BCUT2D eigenvalue weighted by Gasteiger charge is -2.00. The molecule has 3 aromatic heterocycles. The highest BCUT2D eigenvalue weighted by atomic mass is 32.1. The smallest absolute Gasteiger partial charge is 0.266 e. The summed E-state index contributed by atoms with van der Waals surface area (Å²) in [5.74, 6) is -0.347. The number of benzene rings is 2. The molecule has 0 spiro atoms. The van der Waals surface area contributed by atoms with E-state index in [9.17, 15) is 14.0 Å². The van der Waals surface area contributed by atoms with Crippen LogP contribution in [0.3, 0.4) is 0 Å². The van der Waals surface area contributed by atoms with Gasteiger partial charge in [-0.05, 0) is 49.4 Å². The van der Waals surface area contributed by atoms with Crippen LogP contribution in [-0.2, 0) is 0 Å². The predicted octanol–water partition coefficient (Wildman–Crippen LogP) is 2.36. The fourth-order valence-corrected chi connectivity index (χ4v) is 4.06. The van der Waals surface area contributed by atoms with E-state index in [4.69, 9.17) is 0 Å². The lowest BCUT2D eigenvalue weighted by atomic mass is 10.1. The van der Waals surface area contributed by atoms with Crippen molar-refractivity contribution in [2.45, 2.75) is 6.92 Å². The van der Waals surface area contributed by atoms with Crippen LogP contribution in [0.5, 0.6) is 0 Å². The van der Waals surface area contributed by atoms with E-state index in [1.165, 1.54) is 19.1 Å². The highest BCUT2D eigenvalue weighted by Crippen LogP contribution is 2.24. The van der Waals surface area contributed by atoms with Gasteiger partial charge in [0.05, 0.1) is 10.2 Å². The first-order valence-corrected chi connectivity index (χ1v) is 10.1. The van der Waals surface area contributed by atoms with Gasteiger partial charge in [0, 0.05) is 17.3 Å². The molecule has 152 valence electrons. The van der Waals surface area contributed by atoms with Crippen molar-refractivity contribution in [1.29, 1.82) is 0 Å². The predicted molar refractivity (Wildman–Crippen MR) is 116 cm³/mol. The van der Waals surface area contributed by atoms with Crippen molar-refractivity contribution in [3.8, 4) is 16.9 Å². The molecule has 3 heterocycles. The fraction of sp³-hybridized carbons (Fsp3) is 0.0455. The van der Waals surface area contributed by atoms with Crippen LogP contribution < -0.4 is 15.7 Å². The zero-order chi connectivity index (χ0) is 21.5. The summed E-state index contributed by atoms with van der Waals surface area (Å²) in [4.78, 5) is 28.8. The number of rotatable bonds is 3. The Kier molecular flexibility index (Phi) is 4.52. The number of thiazole rings is 1. The molecule has 5 rings (SSSR count). The number of halogens is 1. The summed E-state index contributed by atoms with van der Waals surface area (Å²) in [6.07, 6.45) is 3.49. The van der Waals surface area contributed by atoms with E-state index < -0.39 is 5.56 Å². The van der Waals surface area contributed by atoms with E-state index >= 15 is 0 Å². The Labute approximate surface area is 178 Å². The highest BCUT2D eigenvalue weighted by Gasteiger charge is 2.13. The van der Waals surface area contributed by atoms with Gasteiger partial charge in [0.2, 0.25) is 4.96 Å². The molecule has 5 aromatic rings.